The highest BCUT2D eigenvalue weighted by molar-refractivity contribution is 9.10. The summed E-state index contributed by atoms with van der Waals surface area (Å²) < 4.78 is 24.7. The summed E-state index contributed by atoms with van der Waals surface area (Å²) in [6.45, 7) is 3.74. The normalized spacial score (nSPS) is 12.2. The van der Waals surface area contributed by atoms with Gasteiger partial charge in [-0.05, 0) is 31.5 Å². The van der Waals surface area contributed by atoms with Crippen LogP contribution < -0.4 is 11.1 Å². The Hall–Kier alpha value is -0.920. The van der Waals surface area contributed by atoms with Gasteiger partial charge in [-0.2, -0.15) is 0 Å². The fourth-order valence-corrected chi connectivity index (χ4v) is 3.03. The Morgan fingerprint density at radius 2 is 1.85 bits per heavy atom. The van der Waals surface area contributed by atoms with Gasteiger partial charge in [0.05, 0.1) is 5.75 Å². The summed E-state index contributed by atoms with van der Waals surface area (Å²) in [6.07, 6.45) is 0. The van der Waals surface area contributed by atoms with Crippen LogP contribution in [-0.4, -0.2) is 32.2 Å². The third-order valence-electron chi connectivity index (χ3n) is 2.39. The van der Waals surface area contributed by atoms with Crippen LogP contribution in [0.5, 0.6) is 0 Å². The van der Waals surface area contributed by atoms with Crippen molar-refractivity contribution in [2.24, 2.45) is 5.73 Å². The molecule has 0 aromatic heterocycles. The van der Waals surface area contributed by atoms with E-state index >= 15 is 0 Å². The quantitative estimate of drug-likeness (QED) is 0.795. The number of nitrogens with two attached hydrogens (primary N) is 1. The smallest absolute Gasteiger partial charge is 0.235 e. The number of amides is 1. The SMILES string of the molecule is CC(C)(N)CNC(=O)CS(=O)(=O)Cc1ccc(Br)cc1. The molecule has 0 saturated heterocycles. The highest BCUT2D eigenvalue weighted by Gasteiger charge is 2.19. The minimum absolute atomic E-state index is 0.153. The van der Waals surface area contributed by atoms with Gasteiger partial charge in [0, 0.05) is 16.6 Å². The minimum Gasteiger partial charge on any atom is -0.353 e. The third-order valence-corrected chi connectivity index (χ3v) is 4.40. The summed E-state index contributed by atoms with van der Waals surface area (Å²) in [4.78, 5) is 11.6. The molecule has 20 heavy (non-hydrogen) atoms. The largest absolute Gasteiger partial charge is 0.353 e. The molecule has 1 aromatic rings. The summed E-state index contributed by atoms with van der Waals surface area (Å²) >= 11 is 3.28. The summed E-state index contributed by atoms with van der Waals surface area (Å²) in [7, 11) is -3.48. The van der Waals surface area contributed by atoms with E-state index < -0.39 is 27.0 Å². The zero-order chi connectivity index (χ0) is 15.4. The maximum absolute atomic E-state index is 11.9. The molecule has 112 valence electrons. The fraction of sp³-hybridized carbons (Fsp3) is 0.462. The van der Waals surface area contributed by atoms with Gasteiger partial charge in [0.25, 0.3) is 0 Å². The molecule has 0 atom stereocenters. The Morgan fingerprint density at radius 1 is 1.30 bits per heavy atom. The Kier molecular flexibility index (Phi) is 5.73. The molecule has 0 spiro atoms. The molecule has 3 N–H and O–H groups in total. The number of carbonyl (C=O) groups is 1. The van der Waals surface area contributed by atoms with Crippen molar-refractivity contribution < 1.29 is 13.2 Å². The van der Waals surface area contributed by atoms with E-state index in [2.05, 4.69) is 21.2 Å². The van der Waals surface area contributed by atoms with Crippen LogP contribution in [0.15, 0.2) is 28.7 Å². The van der Waals surface area contributed by atoms with Crippen molar-refractivity contribution in [1.82, 2.24) is 5.32 Å². The lowest BCUT2D eigenvalue weighted by molar-refractivity contribution is -0.118. The number of carbonyl (C=O) groups excluding carboxylic acids is 1. The fourth-order valence-electron chi connectivity index (χ4n) is 1.46. The second kappa shape index (κ2) is 6.69. The van der Waals surface area contributed by atoms with Crippen LogP contribution in [0.25, 0.3) is 0 Å². The second-order valence-corrected chi connectivity index (χ2v) is 8.40. The van der Waals surface area contributed by atoms with Gasteiger partial charge < -0.3 is 11.1 Å². The molecular weight excluding hydrogens is 344 g/mol. The predicted molar refractivity (Wildman–Crippen MR) is 82.9 cm³/mol. The van der Waals surface area contributed by atoms with E-state index in [9.17, 15) is 13.2 Å². The number of nitrogens with one attached hydrogen (secondary N) is 1. The molecule has 0 aliphatic heterocycles. The molecule has 0 bridgehead atoms. The van der Waals surface area contributed by atoms with Gasteiger partial charge in [0.2, 0.25) is 5.91 Å². The van der Waals surface area contributed by atoms with E-state index in [1.54, 1.807) is 38.1 Å². The molecule has 0 saturated carbocycles. The first-order valence-electron chi connectivity index (χ1n) is 6.08. The number of hydrogen-bond acceptors (Lipinski definition) is 4. The number of sulfone groups is 1. The van der Waals surface area contributed by atoms with Gasteiger partial charge in [0.15, 0.2) is 9.84 Å². The lowest BCUT2D eigenvalue weighted by atomic mass is 10.1. The van der Waals surface area contributed by atoms with Gasteiger partial charge in [-0.25, -0.2) is 8.42 Å². The first-order chi connectivity index (χ1) is 9.07. The Morgan fingerprint density at radius 3 is 2.35 bits per heavy atom. The lowest BCUT2D eigenvalue weighted by Gasteiger charge is -2.18. The molecule has 5 nitrogen and oxygen atoms in total. The molecule has 1 amide bonds. The minimum atomic E-state index is -3.48. The van der Waals surface area contributed by atoms with Crippen LogP contribution in [0.2, 0.25) is 0 Å². The standard InChI is InChI=1S/C13H19BrN2O3S/c1-13(2,15)9-16-12(17)8-20(18,19)7-10-3-5-11(14)6-4-10/h3-6H,7-9,15H2,1-2H3,(H,16,17). The van der Waals surface area contributed by atoms with Crippen LogP contribution in [0, 0.1) is 0 Å². The maximum Gasteiger partial charge on any atom is 0.235 e. The van der Waals surface area contributed by atoms with Crippen LogP contribution in [0.3, 0.4) is 0 Å². The first-order valence-corrected chi connectivity index (χ1v) is 8.69. The van der Waals surface area contributed by atoms with Gasteiger partial charge in [-0.15, -0.1) is 0 Å². The van der Waals surface area contributed by atoms with E-state index in [1.807, 2.05) is 0 Å². The van der Waals surface area contributed by atoms with Gasteiger partial charge in [-0.3, -0.25) is 4.79 Å². The first kappa shape index (κ1) is 17.1. The van der Waals surface area contributed by atoms with Crippen LogP contribution >= 0.6 is 15.9 Å². The second-order valence-electron chi connectivity index (χ2n) is 5.42. The van der Waals surface area contributed by atoms with Crippen molar-refractivity contribution in [3.63, 3.8) is 0 Å². The van der Waals surface area contributed by atoms with Crippen molar-refractivity contribution in [3.8, 4) is 0 Å². The highest BCUT2D eigenvalue weighted by atomic mass is 79.9. The van der Waals surface area contributed by atoms with Crippen molar-refractivity contribution in [1.29, 1.82) is 0 Å². The van der Waals surface area contributed by atoms with Crippen LogP contribution in [-0.2, 0) is 20.4 Å². The van der Waals surface area contributed by atoms with Crippen molar-refractivity contribution in [2.45, 2.75) is 25.1 Å². The molecule has 0 aliphatic rings. The van der Waals surface area contributed by atoms with Gasteiger partial charge >= 0.3 is 0 Å². The van der Waals surface area contributed by atoms with Crippen LogP contribution in [0.4, 0.5) is 0 Å². The highest BCUT2D eigenvalue weighted by Crippen LogP contribution is 2.13. The molecule has 0 aliphatic carbocycles. The van der Waals surface area contributed by atoms with E-state index in [4.69, 9.17) is 5.73 Å². The Labute approximate surface area is 128 Å². The van der Waals surface area contributed by atoms with Crippen molar-refractivity contribution in [3.05, 3.63) is 34.3 Å². The molecule has 1 rings (SSSR count). The number of rotatable bonds is 6. The molecular formula is C13H19BrN2O3S. The average Bonchev–Trinajstić information content (AvgIpc) is 2.28. The summed E-state index contributed by atoms with van der Waals surface area (Å²) in [6, 6.07) is 6.95. The number of hydrogen-bond donors (Lipinski definition) is 2. The maximum atomic E-state index is 11.9. The zero-order valence-electron chi connectivity index (χ0n) is 11.5. The van der Waals surface area contributed by atoms with E-state index in [-0.39, 0.29) is 12.3 Å². The third kappa shape index (κ3) is 7.02. The Bertz CT molecular complexity index is 562. The monoisotopic (exact) mass is 362 g/mol. The average molecular weight is 363 g/mol. The lowest BCUT2D eigenvalue weighted by Crippen LogP contribution is -2.46. The van der Waals surface area contributed by atoms with Crippen molar-refractivity contribution >= 4 is 31.7 Å². The molecule has 7 heteroatoms. The Balaban J connectivity index is 2.57. The van der Waals surface area contributed by atoms with E-state index in [0.717, 1.165) is 4.47 Å². The van der Waals surface area contributed by atoms with E-state index in [0.29, 0.717) is 5.56 Å². The molecule has 0 radical (unpaired) electrons. The number of benzene rings is 1. The zero-order valence-corrected chi connectivity index (χ0v) is 13.9. The predicted octanol–water partition coefficient (Wildman–Crippen LogP) is 1.22. The molecule has 0 heterocycles. The van der Waals surface area contributed by atoms with E-state index in [1.165, 1.54) is 0 Å². The van der Waals surface area contributed by atoms with Crippen molar-refractivity contribution in [2.75, 3.05) is 12.3 Å². The van der Waals surface area contributed by atoms with Gasteiger partial charge in [0.1, 0.15) is 5.75 Å². The topological polar surface area (TPSA) is 89.3 Å². The summed E-state index contributed by atoms with van der Waals surface area (Å²) in [5.74, 6) is -1.21. The molecule has 0 fully saturated rings. The number of halogens is 1. The summed E-state index contributed by atoms with van der Waals surface area (Å²) in [5.41, 5.74) is 5.81. The molecule has 1 aromatic carbocycles. The van der Waals surface area contributed by atoms with Gasteiger partial charge in [-0.1, -0.05) is 28.1 Å². The summed E-state index contributed by atoms with van der Waals surface area (Å²) in [5, 5.41) is 2.52. The molecule has 0 unspecified atom stereocenters. The van der Waals surface area contributed by atoms with Crippen LogP contribution in [0.1, 0.15) is 19.4 Å².